The molecule has 1 amide bonds. The second kappa shape index (κ2) is 10.3. The van der Waals surface area contributed by atoms with Crippen LogP contribution >= 0.6 is 0 Å². The van der Waals surface area contributed by atoms with Crippen LogP contribution in [0.15, 0.2) is 18.2 Å². The molecule has 0 saturated heterocycles. The van der Waals surface area contributed by atoms with E-state index in [1.807, 2.05) is 19.0 Å². The van der Waals surface area contributed by atoms with Crippen LogP contribution < -0.4 is 15.4 Å². The molecule has 0 bridgehead atoms. The predicted molar refractivity (Wildman–Crippen MR) is 95.5 cm³/mol. The maximum absolute atomic E-state index is 12.1. The average Bonchev–Trinajstić information content (AvgIpc) is 2.54. The summed E-state index contributed by atoms with van der Waals surface area (Å²) >= 11 is 0. The maximum Gasteiger partial charge on any atom is 0.321 e. The van der Waals surface area contributed by atoms with E-state index in [0.29, 0.717) is 25.4 Å². The maximum atomic E-state index is 12.1. The lowest BCUT2D eigenvalue weighted by Crippen LogP contribution is -2.42. The molecule has 1 atom stereocenters. The van der Waals surface area contributed by atoms with E-state index in [1.54, 1.807) is 6.92 Å². The van der Waals surface area contributed by atoms with Gasteiger partial charge in [-0.25, -0.2) is 0 Å². The molecule has 0 fully saturated rings. The molecule has 0 spiro atoms. The van der Waals surface area contributed by atoms with E-state index >= 15 is 0 Å². The number of likely N-dealkylation sites (N-methyl/N-ethyl adjacent to an activating group) is 1. The Bertz CT molecular complexity index is 650. The first-order chi connectivity index (χ1) is 12.2. The van der Waals surface area contributed by atoms with Gasteiger partial charge < -0.3 is 25.4 Å². The number of aliphatic carboxylic acids is 1. The molecule has 0 aliphatic rings. The Kier molecular flexibility index (Phi) is 8.46. The van der Waals surface area contributed by atoms with Gasteiger partial charge >= 0.3 is 5.97 Å². The van der Waals surface area contributed by atoms with Crippen molar-refractivity contribution in [3.63, 3.8) is 0 Å². The molecule has 1 rings (SSSR count). The molecule has 26 heavy (non-hydrogen) atoms. The van der Waals surface area contributed by atoms with Crippen molar-refractivity contribution in [1.29, 1.82) is 0 Å². The molecule has 144 valence electrons. The van der Waals surface area contributed by atoms with Crippen molar-refractivity contribution in [2.24, 2.45) is 0 Å². The molecule has 0 aliphatic carbocycles. The first-order valence-corrected chi connectivity index (χ1v) is 8.06. The molecule has 1 aromatic carbocycles. The largest absolute Gasteiger partial charge is 0.494 e. The Hall–Kier alpha value is -2.72. The summed E-state index contributed by atoms with van der Waals surface area (Å²) in [5.74, 6) is -1.49. The van der Waals surface area contributed by atoms with Crippen LogP contribution in [0.5, 0.6) is 5.75 Å². The molecule has 0 aromatic heterocycles. The van der Waals surface area contributed by atoms with E-state index in [4.69, 9.17) is 4.74 Å². The Morgan fingerprint density at radius 3 is 2.62 bits per heavy atom. The number of benzene rings is 1. The Labute approximate surface area is 151 Å². The normalized spacial score (nSPS) is 11.8. The summed E-state index contributed by atoms with van der Waals surface area (Å²) in [6, 6.07) is 2.98. The van der Waals surface area contributed by atoms with E-state index in [9.17, 15) is 24.8 Å². The number of carbonyl (C=O) groups excluding carboxylic acids is 1. The number of nitrogens with one attached hydrogen (secondary N) is 2. The summed E-state index contributed by atoms with van der Waals surface area (Å²) in [4.78, 5) is 35.8. The van der Waals surface area contributed by atoms with Crippen molar-refractivity contribution < 1.29 is 24.4 Å². The second-order valence-corrected chi connectivity index (χ2v) is 5.77. The van der Waals surface area contributed by atoms with Gasteiger partial charge in [0.15, 0.2) is 0 Å². The van der Waals surface area contributed by atoms with Gasteiger partial charge in [-0.2, -0.15) is 0 Å². The number of nitro benzene ring substituents is 1. The standard InChI is InChI=1S/C16H24N4O6/c1-4-26-11-5-6-12(14(9-11)20(24)25)18-15(21)10-13(16(22)23)17-7-8-19(2)3/h5-6,9,13,17H,4,7-8,10H2,1-3H3,(H,18,21)(H,22,23)/t13-/m1/s1. The van der Waals surface area contributed by atoms with Crippen LogP contribution in [0.2, 0.25) is 0 Å². The highest BCUT2D eigenvalue weighted by Gasteiger charge is 2.23. The van der Waals surface area contributed by atoms with Crippen LogP contribution in [-0.2, 0) is 9.59 Å². The van der Waals surface area contributed by atoms with Gasteiger partial charge in [0.05, 0.1) is 24.0 Å². The molecule has 0 radical (unpaired) electrons. The number of nitro groups is 1. The highest BCUT2D eigenvalue weighted by Crippen LogP contribution is 2.29. The second-order valence-electron chi connectivity index (χ2n) is 5.77. The van der Waals surface area contributed by atoms with Gasteiger partial charge in [-0.05, 0) is 33.2 Å². The number of carboxylic acids is 1. The van der Waals surface area contributed by atoms with Crippen molar-refractivity contribution in [3.05, 3.63) is 28.3 Å². The minimum absolute atomic E-state index is 0.0131. The summed E-state index contributed by atoms with van der Waals surface area (Å²) in [6.07, 6.45) is -0.354. The number of carboxylic acid groups (broad SMARTS) is 1. The van der Waals surface area contributed by atoms with Crippen LogP contribution in [0.25, 0.3) is 0 Å². The molecule has 0 aliphatic heterocycles. The number of rotatable bonds is 11. The zero-order valence-corrected chi connectivity index (χ0v) is 15.0. The van der Waals surface area contributed by atoms with Crippen LogP contribution in [0.3, 0.4) is 0 Å². The topological polar surface area (TPSA) is 134 Å². The van der Waals surface area contributed by atoms with Crippen molar-refractivity contribution in [3.8, 4) is 5.75 Å². The molecule has 0 heterocycles. The number of carbonyl (C=O) groups is 2. The first-order valence-electron chi connectivity index (χ1n) is 8.06. The molecule has 10 heteroatoms. The summed E-state index contributed by atoms with van der Waals surface area (Å²) in [7, 11) is 3.68. The zero-order valence-electron chi connectivity index (χ0n) is 15.0. The smallest absolute Gasteiger partial charge is 0.321 e. The van der Waals surface area contributed by atoms with Crippen LogP contribution in [0.4, 0.5) is 11.4 Å². The summed E-state index contributed by atoms with van der Waals surface area (Å²) in [5.41, 5.74) is -0.336. The number of hydrogen-bond donors (Lipinski definition) is 3. The third kappa shape index (κ3) is 7.03. The third-order valence-electron chi connectivity index (χ3n) is 3.39. The Morgan fingerprint density at radius 2 is 2.08 bits per heavy atom. The molecule has 0 unspecified atom stereocenters. The minimum atomic E-state index is -1.17. The highest BCUT2D eigenvalue weighted by atomic mass is 16.6. The van der Waals surface area contributed by atoms with Crippen molar-refractivity contribution in [2.45, 2.75) is 19.4 Å². The lowest BCUT2D eigenvalue weighted by molar-refractivity contribution is -0.384. The Morgan fingerprint density at radius 1 is 1.38 bits per heavy atom. The fourth-order valence-corrected chi connectivity index (χ4v) is 2.12. The SMILES string of the molecule is CCOc1ccc(NC(=O)C[C@@H](NCCN(C)C)C(=O)O)c([N+](=O)[O-])c1. The molecule has 10 nitrogen and oxygen atoms in total. The van der Waals surface area contributed by atoms with Gasteiger partial charge in [0.1, 0.15) is 17.5 Å². The van der Waals surface area contributed by atoms with Crippen molar-refractivity contribution in [1.82, 2.24) is 10.2 Å². The fourth-order valence-electron chi connectivity index (χ4n) is 2.12. The quantitative estimate of drug-likeness (QED) is 0.388. The van der Waals surface area contributed by atoms with Gasteiger partial charge in [0, 0.05) is 13.1 Å². The van der Waals surface area contributed by atoms with Gasteiger partial charge in [-0.1, -0.05) is 0 Å². The monoisotopic (exact) mass is 368 g/mol. The average molecular weight is 368 g/mol. The number of anilines is 1. The van der Waals surface area contributed by atoms with Gasteiger partial charge in [0.2, 0.25) is 5.91 Å². The van der Waals surface area contributed by atoms with Crippen LogP contribution in [-0.4, -0.2) is 66.6 Å². The van der Waals surface area contributed by atoms with E-state index in [1.165, 1.54) is 18.2 Å². The summed E-state index contributed by atoms with van der Waals surface area (Å²) in [5, 5.41) is 25.6. The molecule has 1 aromatic rings. The highest BCUT2D eigenvalue weighted by molar-refractivity contribution is 5.95. The predicted octanol–water partition coefficient (Wildman–Crippen LogP) is 0.927. The number of amides is 1. The van der Waals surface area contributed by atoms with Gasteiger partial charge in [-0.3, -0.25) is 19.7 Å². The van der Waals surface area contributed by atoms with Gasteiger partial charge in [0.25, 0.3) is 5.69 Å². The van der Waals surface area contributed by atoms with E-state index in [-0.39, 0.29) is 17.8 Å². The number of nitrogens with zero attached hydrogens (tertiary/aromatic N) is 2. The summed E-state index contributed by atoms with van der Waals surface area (Å²) < 4.78 is 5.21. The van der Waals surface area contributed by atoms with Gasteiger partial charge in [-0.15, -0.1) is 0 Å². The zero-order chi connectivity index (χ0) is 19.7. The lowest BCUT2D eigenvalue weighted by atomic mass is 10.2. The lowest BCUT2D eigenvalue weighted by Gasteiger charge is -2.16. The summed E-state index contributed by atoms with van der Waals surface area (Å²) in [6.45, 7) is 3.09. The fraction of sp³-hybridized carbons (Fsp3) is 0.500. The molecule has 0 saturated carbocycles. The first kappa shape index (κ1) is 21.3. The van der Waals surface area contributed by atoms with E-state index < -0.39 is 22.8 Å². The van der Waals surface area contributed by atoms with Crippen LogP contribution in [0.1, 0.15) is 13.3 Å². The molecular weight excluding hydrogens is 344 g/mol. The number of ether oxygens (including phenoxy) is 1. The molecular formula is C16H24N4O6. The van der Waals surface area contributed by atoms with Crippen LogP contribution in [0, 0.1) is 10.1 Å². The minimum Gasteiger partial charge on any atom is -0.494 e. The molecule has 3 N–H and O–H groups in total. The number of hydrogen-bond acceptors (Lipinski definition) is 7. The van der Waals surface area contributed by atoms with Crippen molar-refractivity contribution >= 4 is 23.3 Å². The van der Waals surface area contributed by atoms with Crippen molar-refractivity contribution in [2.75, 3.05) is 39.1 Å². The third-order valence-corrected chi connectivity index (χ3v) is 3.39. The Balaban J connectivity index is 2.78. The van der Waals surface area contributed by atoms with E-state index in [2.05, 4.69) is 10.6 Å². The van der Waals surface area contributed by atoms with E-state index in [0.717, 1.165) is 0 Å².